The molecule has 0 unspecified atom stereocenters. The van der Waals surface area contributed by atoms with Crippen LogP contribution in [0.1, 0.15) is 50.7 Å². The van der Waals surface area contributed by atoms with Gasteiger partial charge in [-0.3, -0.25) is 9.69 Å². The topological polar surface area (TPSA) is 58.4 Å². The van der Waals surface area contributed by atoms with Gasteiger partial charge < -0.3 is 11.1 Å². The van der Waals surface area contributed by atoms with Crippen LogP contribution in [0.2, 0.25) is 0 Å². The second-order valence-corrected chi connectivity index (χ2v) is 7.11. The van der Waals surface area contributed by atoms with Crippen molar-refractivity contribution in [1.82, 2.24) is 10.2 Å². The first-order valence-corrected chi connectivity index (χ1v) is 8.88. The van der Waals surface area contributed by atoms with Gasteiger partial charge in [0, 0.05) is 13.1 Å². The number of nitrogens with one attached hydrogen (secondary N) is 1. The van der Waals surface area contributed by atoms with Gasteiger partial charge in [0.1, 0.15) is 0 Å². The maximum atomic E-state index is 11.9. The number of rotatable bonds is 7. The van der Waals surface area contributed by atoms with E-state index >= 15 is 0 Å². The first-order valence-electron chi connectivity index (χ1n) is 8.88. The summed E-state index contributed by atoms with van der Waals surface area (Å²) in [5, 5.41) is 2.93. The van der Waals surface area contributed by atoms with Crippen molar-refractivity contribution >= 4 is 5.91 Å². The van der Waals surface area contributed by atoms with Gasteiger partial charge >= 0.3 is 0 Å². The molecule has 4 heteroatoms. The Morgan fingerprint density at radius 1 is 1.13 bits per heavy atom. The molecule has 1 heterocycles. The van der Waals surface area contributed by atoms with Crippen molar-refractivity contribution in [1.29, 1.82) is 0 Å². The number of hydrogen-bond donors (Lipinski definition) is 2. The molecule has 0 saturated carbocycles. The number of piperidine rings is 1. The van der Waals surface area contributed by atoms with Crippen LogP contribution in [0.15, 0.2) is 24.3 Å². The van der Waals surface area contributed by atoms with E-state index in [2.05, 4.69) is 48.3 Å². The Labute approximate surface area is 140 Å². The third-order valence-electron chi connectivity index (χ3n) is 4.41. The second-order valence-electron chi connectivity index (χ2n) is 7.11. The summed E-state index contributed by atoms with van der Waals surface area (Å²) in [6.07, 6.45) is 4.73. The highest BCUT2D eigenvalue weighted by molar-refractivity contribution is 5.81. The molecule has 1 aromatic carbocycles. The van der Waals surface area contributed by atoms with Crippen LogP contribution in [0.4, 0.5) is 0 Å². The molecular weight excluding hydrogens is 286 g/mol. The van der Waals surface area contributed by atoms with E-state index in [0.717, 1.165) is 18.5 Å². The molecule has 1 aliphatic rings. The van der Waals surface area contributed by atoms with Crippen molar-refractivity contribution < 1.29 is 4.79 Å². The zero-order chi connectivity index (χ0) is 16.7. The smallest absolute Gasteiger partial charge is 0.237 e. The lowest BCUT2D eigenvalue weighted by Gasteiger charge is -2.26. The van der Waals surface area contributed by atoms with Gasteiger partial charge in [-0.15, -0.1) is 0 Å². The predicted molar refractivity (Wildman–Crippen MR) is 94.8 cm³/mol. The summed E-state index contributed by atoms with van der Waals surface area (Å²) < 4.78 is 0. The van der Waals surface area contributed by atoms with Crippen molar-refractivity contribution in [2.45, 2.75) is 58.7 Å². The van der Waals surface area contributed by atoms with Gasteiger partial charge in [0.2, 0.25) is 5.91 Å². The summed E-state index contributed by atoms with van der Waals surface area (Å²) in [5.74, 6) is 0.376. The second kappa shape index (κ2) is 9.04. The van der Waals surface area contributed by atoms with Gasteiger partial charge in [-0.25, -0.2) is 0 Å². The third kappa shape index (κ3) is 6.32. The number of nitrogens with zero attached hydrogens (tertiary/aromatic N) is 1. The summed E-state index contributed by atoms with van der Waals surface area (Å²) >= 11 is 0. The Morgan fingerprint density at radius 3 is 2.35 bits per heavy atom. The highest BCUT2D eigenvalue weighted by atomic mass is 16.2. The van der Waals surface area contributed by atoms with Crippen LogP contribution in [0.5, 0.6) is 0 Å². The van der Waals surface area contributed by atoms with E-state index in [0.29, 0.717) is 12.5 Å². The first-order chi connectivity index (χ1) is 11.0. The SMILES string of the molecule is CC(C)C[C@H](N)C(=O)NCc1ccc(CN2CCCCC2)cc1. The van der Waals surface area contributed by atoms with Crippen molar-refractivity contribution in [3.8, 4) is 0 Å². The van der Waals surface area contributed by atoms with Crippen LogP contribution >= 0.6 is 0 Å². The molecule has 1 aromatic rings. The number of likely N-dealkylation sites (tertiary alicyclic amines) is 1. The van der Waals surface area contributed by atoms with Gasteiger partial charge in [0.05, 0.1) is 6.04 Å². The third-order valence-corrected chi connectivity index (χ3v) is 4.41. The lowest BCUT2D eigenvalue weighted by Crippen LogP contribution is -2.41. The molecule has 1 fully saturated rings. The summed E-state index contributed by atoms with van der Waals surface area (Å²) in [4.78, 5) is 14.5. The monoisotopic (exact) mass is 317 g/mol. The standard InChI is InChI=1S/C19H31N3O/c1-15(2)12-18(20)19(23)21-13-16-6-8-17(9-7-16)14-22-10-4-3-5-11-22/h6-9,15,18H,3-5,10-14,20H2,1-2H3,(H,21,23)/t18-/m0/s1. The number of amides is 1. The van der Waals surface area contributed by atoms with Crippen molar-refractivity contribution in [3.63, 3.8) is 0 Å². The van der Waals surface area contributed by atoms with E-state index in [1.54, 1.807) is 0 Å². The Morgan fingerprint density at radius 2 is 1.74 bits per heavy atom. The molecule has 0 aliphatic carbocycles. The summed E-state index contributed by atoms with van der Waals surface area (Å²) in [6.45, 7) is 8.17. The number of hydrogen-bond acceptors (Lipinski definition) is 3. The normalized spacial score (nSPS) is 17.2. The lowest BCUT2D eigenvalue weighted by molar-refractivity contribution is -0.122. The fourth-order valence-corrected chi connectivity index (χ4v) is 3.07. The molecule has 23 heavy (non-hydrogen) atoms. The summed E-state index contributed by atoms with van der Waals surface area (Å²) in [5.41, 5.74) is 8.36. The molecule has 0 aromatic heterocycles. The fourth-order valence-electron chi connectivity index (χ4n) is 3.07. The molecule has 4 nitrogen and oxygen atoms in total. The minimum atomic E-state index is -0.409. The highest BCUT2D eigenvalue weighted by Gasteiger charge is 2.14. The first kappa shape index (κ1) is 18.0. The van der Waals surface area contributed by atoms with E-state index in [4.69, 9.17) is 5.73 Å². The Bertz CT molecular complexity index is 478. The summed E-state index contributed by atoms with van der Waals surface area (Å²) in [7, 11) is 0. The van der Waals surface area contributed by atoms with Gasteiger partial charge in [-0.1, -0.05) is 44.5 Å². The molecule has 1 amide bonds. The zero-order valence-electron chi connectivity index (χ0n) is 14.6. The maximum absolute atomic E-state index is 11.9. The maximum Gasteiger partial charge on any atom is 0.237 e. The number of nitrogens with two attached hydrogens (primary N) is 1. The molecule has 0 radical (unpaired) electrons. The molecule has 128 valence electrons. The van der Waals surface area contributed by atoms with Crippen molar-refractivity contribution in [3.05, 3.63) is 35.4 Å². The number of carbonyl (C=O) groups is 1. The van der Waals surface area contributed by atoms with Crippen LogP contribution in [0, 0.1) is 5.92 Å². The number of benzene rings is 1. The van der Waals surface area contributed by atoms with E-state index in [1.807, 2.05) is 0 Å². The van der Waals surface area contributed by atoms with Gasteiger partial charge in [-0.2, -0.15) is 0 Å². The Balaban J connectivity index is 1.77. The summed E-state index contributed by atoms with van der Waals surface area (Å²) in [6, 6.07) is 8.14. The molecule has 1 saturated heterocycles. The van der Waals surface area contributed by atoms with E-state index in [-0.39, 0.29) is 5.91 Å². The van der Waals surface area contributed by atoms with Gasteiger partial charge in [-0.05, 0) is 49.4 Å². The molecule has 0 bridgehead atoms. The van der Waals surface area contributed by atoms with E-state index < -0.39 is 6.04 Å². The zero-order valence-corrected chi connectivity index (χ0v) is 14.6. The molecule has 1 atom stereocenters. The highest BCUT2D eigenvalue weighted by Crippen LogP contribution is 2.13. The minimum Gasteiger partial charge on any atom is -0.351 e. The molecule has 3 N–H and O–H groups in total. The molecule has 2 rings (SSSR count). The Hall–Kier alpha value is -1.39. The van der Waals surface area contributed by atoms with Crippen LogP contribution in [-0.2, 0) is 17.9 Å². The quantitative estimate of drug-likeness (QED) is 0.813. The Kier molecular flexibility index (Phi) is 7.06. The largest absolute Gasteiger partial charge is 0.351 e. The van der Waals surface area contributed by atoms with Crippen molar-refractivity contribution in [2.24, 2.45) is 11.7 Å². The predicted octanol–water partition coefficient (Wildman–Crippen LogP) is 2.66. The lowest BCUT2D eigenvalue weighted by atomic mass is 10.0. The average Bonchev–Trinajstić information content (AvgIpc) is 2.54. The molecule has 0 spiro atoms. The van der Waals surface area contributed by atoms with E-state index in [1.165, 1.54) is 37.9 Å². The van der Waals surface area contributed by atoms with Crippen LogP contribution in [0.3, 0.4) is 0 Å². The number of carbonyl (C=O) groups excluding carboxylic acids is 1. The van der Waals surface area contributed by atoms with Crippen LogP contribution in [-0.4, -0.2) is 29.9 Å². The van der Waals surface area contributed by atoms with Gasteiger partial charge in [0.15, 0.2) is 0 Å². The molecule has 1 aliphatic heterocycles. The average molecular weight is 317 g/mol. The fraction of sp³-hybridized carbons (Fsp3) is 0.632. The molecular formula is C19H31N3O. The van der Waals surface area contributed by atoms with Crippen LogP contribution < -0.4 is 11.1 Å². The van der Waals surface area contributed by atoms with Gasteiger partial charge in [0.25, 0.3) is 0 Å². The van der Waals surface area contributed by atoms with E-state index in [9.17, 15) is 4.79 Å². The van der Waals surface area contributed by atoms with Crippen molar-refractivity contribution in [2.75, 3.05) is 13.1 Å². The van der Waals surface area contributed by atoms with Crippen LogP contribution in [0.25, 0.3) is 0 Å². The minimum absolute atomic E-state index is 0.0592.